The first-order valence-electron chi connectivity index (χ1n) is 13.5. The van der Waals surface area contributed by atoms with Crippen LogP contribution in [0.1, 0.15) is 48.0 Å². The summed E-state index contributed by atoms with van der Waals surface area (Å²) in [5, 5.41) is 13.7. The molecule has 0 saturated heterocycles. The van der Waals surface area contributed by atoms with E-state index in [1.165, 1.54) is 17.5 Å². The van der Waals surface area contributed by atoms with E-state index < -0.39 is 31.8 Å². The molecule has 2 aromatic carbocycles. The summed E-state index contributed by atoms with van der Waals surface area (Å²) < 4.78 is 17.2. The molecule has 0 amide bonds. The van der Waals surface area contributed by atoms with E-state index in [4.69, 9.17) is 13.9 Å². The molecule has 0 aliphatic heterocycles. The van der Waals surface area contributed by atoms with Crippen LogP contribution in [0.2, 0.25) is 5.04 Å². The number of carbonyl (C=O) groups excluding carboxylic acids is 2. The van der Waals surface area contributed by atoms with Gasteiger partial charge in [-0.05, 0) is 47.2 Å². The quantitative estimate of drug-likeness (QED) is 0.213. The molecule has 1 aliphatic rings. The summed E-state index contributed by atoms with van der Waals surface area (Å²) in [6.45, 7) is 12.6. The molecule has 39 heavy (non-hydrogen) atoms. The molecule has 1 aliphatic carbocycles. The first-order chi connectivity index (χ1) is 18.4. The molecule has 0 spiro atoms. The van der Waals surface area contributed by atoms with E-state index in [1.807, 2.05) is 49.4 Å². The molecular weight excluding hydrogens is 508 g/mol. The van der Waals surface area contributed by atoms with E-state index in [0.717, 1.165) is 5.57 Å². The van der Waals surface area contributed by atoms with Gasteiger partial charge in [-0.2, -0.15) is 0 Å². The van der Waals surface area contributed by atoms with Gasteiger partial charge in [-0.3, -0.25) is 0 Å². The summed E-state index contributed by atoms with van der Waals surface area (Å²) in [6, 6.07) is 20.8. The molecule has 0 saturated carbocycles. The van der Waals surface area contributed by atoms with Crippen LogP contribution in [0.15, 0.2) is 84.0 Å². The van der Waals surface area contributed by atoms with Crippen molar-refractivity contribution in [2.75, 3.05) is 20.3 Å². The Bertz CT molecular complexity index is 1160. The fraction of sp³-hybridized carbons (Fsp3) is 0.438. The Morgan fingerprint density at radius 2 is 1.59 bits per heavy atom. The van der Waals surface area contributed by atoms with Gasteiger partial charge in [0, 0.05) is 11.5 Å². The van der Waals surface area contributed by atoms with E-state index in [1.54, 1.807) is 19.9 Å². The molecular formula is C32H42O6Si. The highest BCUT2D eigenvalue weighted by Crippen LogP contribution is 2.41. The number of aliphatic hydroxyl groups is 1. The Morgan fingerprint density at radius 3 is 2.05 bits per heavy atom. The van der Waals surface area contributed by atoms with Crippen LogP contribution in [0.4, 0.5) is 0 Å². The van der Waals surface area contributed by atoms with Gasteiger partial charge >= 0.3 is 11.9 Å². The number of carbonyl (C=O) groups is 2. The largest absolute Gasteiger partial charge is 0.467 e. The minimum Gasteiger partial charge on any atom is -0.467 e. The molecule has 6 nitrogen and oxygen atoms in total. The topological polar surface area (TPSA) is 82.1 Å². The second-order valence-electron chi connectivity index (χ2n) is 11.3. The van der Waals surface area contributed by atoms with Gasteiger partial charge in [0.15, 0.2) is 5.60 Å². The standard InChI is InChI=1S/C32H42O6Si/c1-8-37-29(33)23(2)19-26-20-25(24(3)21-32(26,35)30(34)36-7)22-38-39(31(4,5)6,27-15-11-9-12-16-27)28-17-13-10-14-18-28/h9-20,24,26,35H,8,21-22H2,1-7H3/b23-19+/t24-,26-,32-/m0/s1. The molecule has 0 bridgehead atoms. The van der Waals surface area contributed by atoms with Gasteiger partial charge < -0.3 is 19.0 Å². The van der Waals surface area contributed by atoms with Crippen molar-refractivity contribution in [2.45, 2.75) is 58.6 Å². The van der Waals surface area contributed by atoms with E-state index >= 15 is 0 Å². The molecule has 3 atom stereocenters. The van der Waals surface area contributed by atoms with Crippen molar-refractivity contribution in [2.24, 2.45) is 11.8 Å². The zero-order valence-corrected chi connectivity index (χ0v) is 25.2. The molecule has 1 N–H and O–H groups in total. The van der Waals surface area contributed by atoms with Crippen molar-refractivity contribution in [1.29, 1.82) is 0 Å². The van der Waals surface area contributed by atoms with Gasteiger partial charge in [0.05, 0.1) is 20.3 Å². The summed E-state index contributed by atoms with van der Waals surface area (Å²) in [5.74, 6) is -2.14. The highest BCUT2D eigenvalue weighted by molar-refractivity contribution is 6.99. The summed E-state index contributed by atoms with van der Waals surface area (Å²) >= 11 is 0. The van der Waals surface area contributed by atoms with Crippen LogP contribution in [0.3, 0.4) is 0 Å². The van der Waals surface area contributed by atoms with Gasteiger partial charge in [0.2, 0.25) is 0 Å². The van der Waals surface area contributed by atoms with Gasteiger partial charge in [-0.1, -0.05) is 101 Å². The predicted octanol–water partition coefficient (Wildman–Crippen LogP) is 4.56. The maximum absolute atomic E-state index is 12.8. The van der Waals surface area contributed by atoms with Crippen molar-refractivity contribution in [1.82, 2.24) is 0 Å². The lowest BCUT2D eigenvalue weighted by atomic mass is 9.71. The fourth-order valence-electron chi connectivity index (χ4n) is 5.57. The minimum atomic E-state index is -2.79. The molecule has 0 radical (unpaired) electrons. The average molecular weight is 551 g/mol. The van der Waals surface area contributed by atoms with Crippen LogP contribution in [0.25, 0.3) is 0 Å². The lowest BCUT2D eigenvalue weighted by molar-refractivity contribution is -0.167. The number of methoxy groups -OCH3 is 1. The van der Waals surface area contributed by atoms with Gasteiger partial charge in [-0.15, -0.1) is 0 Å². The molecule has 0 aromatic heterocycles. The van der Waals surface area contributed by atoms with Gasteiger partial charge in [0.1, 0.15) is 0 Å². The highest BCUT2D eigenvalue weighted by Gasteiger charge is 2.52. The number of ether oxygens (including phenoxy) is 2. The van der Waals surface area contributed by atoms with E-state index in [0.29, 0.717) is 12.2 Å². The van der Waals surface area contributed by atoms with Gasteiger partial charge in [-0.25, -0.2) is 9.59 Å². The third kappa shape index (κ3) is 6.26. The zero-order valence-electron chi connectivity index (χ0n) is 24.2. The number of rotatable bonds is 9. The first-order valence-corrected chi connectivity index (χ1v) is 15.4. The monoisotopic (exact) mass is 550 g/mol. The third-order valence-electron chi connectivity index (χ3n) is 7.63. The molecule has 2 aromatic rings. The van der Waals surface area contributed by atoms with Crippen molar-refractivity contribution >= 4 is 30.6 Å². The second-order valence-corrected chi connectivity index (χ2v) is 15.6. The van der Waals surface area contributed by atoms with Crippen molar-refractivity contribution in [3.63, 3.8) is 0 Å². The highest BCUT2D eigenvalue weighted by atomic mass is 28.4. The maximum Gasteiger partial charge on any atom is 0.338 e. The Balaban J connectivity index is 2.10. The maximum atomic E-state index is 12.8. The third-order valence-corrected chi connectivity index (χ3v) is 12.6. The van der Waals surface area contributed by atoms with E-state index in [2.05, 4.69) is 45.0 Å². The Kier molecular flexibility index (Phi) is 9.75. The summed E-state index contributed by atoms with van der Waals surface area (Å²) in [6.07, 6.45) is 3.61. The summed E-state index contributed by atoms with van der Waals surface area (Å²) in [7, 11) is -1.54. The number of hydrogen-bond donors (Lipinski definition) is 1. The summed E-state index contributed by atoms with van der Waals surface area (Å²) in [5.41, 5.74) is -0.514. The van der Waals surface area contributed by atoms with Crippen molar-refractivity contribution < 1.29 is 28.6 Å². The lowest BCUT2D eigenvalue weighted by Crippen LogP contribution is -2.66. The number of hydrogen-bond acceptors (Lipinski definition) is 6. The van der Waals surface area contributed by atoms with E-state index in [-0.39, 0.29) is 24.0 Å². The fourth-order valence-corrected chi connectivity index (χ4v) is 10.1. The molecule has 0 unspecified atom stereocenters. The van der Waals surface area contributed by atoms with Crippen molar-refractivity contribution in [3.8, 4) is 0 Å². The minimum absolute atomic E-state index is 0.146. The molecule has 0 fully saturated rings. The van der Waals surface area contributed by atoms with Gasteiger partial charge in [0.25, 0.3) is 8.32 Å². The van der Waals surface area contributed by atoms with Crippen LogP contribution in [-0.2, 0) is 23.5 Å². The molecule has 3 rings (SSSR count). The number of benzene rings is 2. The Hall–Kier alpha value is -3.00. The smallest absolute Gasteiger partial charge is 0.338 e. The van der Waals surface area contributed by atoms with Crippen LogP contribution in [0.5, 0.6) is 0 Å². The average Bonchev–Trinajstić information content (AvgIpc) is 2.91. The molecule has 7 heteroatoms. The van der Waals surface area contributed by atoms with Crippen LogP contribution >= 0.6 is 0 Å². The normalized spacial score (nSPS) is 22.2. The molecule has 0 heterocycles. The Morgan fingerprint density at radius 1 is 1.05 bits per heavy atom. The number of esters is 2. The van der Waals surface area contributed by atoms with Crippen LogP contribution in [0, 0.1) is 11.8 Å². The SMILES string of the molecule is CCOC(=O)/C(C)=C/[C@H]1C=C(CO[Si](c2ccccc2)(c2ccccc2)C(C)(C)C)[C@@H](C)C[C@@]1(O)C(=O)OC. The lowest BCUT2D eigenvalue weighted by Gasteiger charge is -2.44. The van der Waals surface area contributed by atoms with Crippen LogP contribution < -0.4 is 10.4 Å². The van der Waals surface area contributed by atoms with E-state index in [9.17, 15) is 14.7 Å². The predicted molar refractivity (Wildman–Crippen MR) is 156 cm³/mol. The second kappa shape index (κ2) is 12.5. The Labute approximate surface area is 233 Å². The first kappa shape index (κ1) is 30.5. The molecule has 210 valence electrons. The zero-order chi connectivity index (χ0) is 28.8. The van der Waals surface area contributed by atoms with Crippen molar-refractivity contribution in [3.05, 3.63) is 84.0 Å². The summed E-state index contributed by atoms with van der Waals surface area (Å²) in [4.78, 5) is 25.1. The van der Waals surface area contributed by atoms with Crippen LogP contribution in [-0.4, -0.2) is 51.3 Å².